The van der Waals surface area contributed by atoms with Gasteiger partial charge in [-0.15, -0.1) is 0 Å². The van der Waals surface area contributed by atoms with E-state index in [1.54, 1.807) is 11.8 Å². The fraction of sp³-hybridized carbons (Fsp3) is 0.667. The Labute approximate surface area is 112 Å². The van der Waals surface area contributed by atoms with Gasteiger partial charge in [0.05, 0.1) is 12.1 Å². The van der Waals surface area contributed by atoms with Crippen LogP contribution in [0.3, 0.4) is 0 Å². The first kappa shape index (κ1) is 15.0. The van der Waals surface area contributed by atoms with Gasteiger partial charge in [-0.2, -0.15) is 16.9 Å². The number of nitrogens with zero attached hydrogens (tertiary/aromatic N) is 1. The van der Waals surface area contributed by atoms with Gasteiger partial charge in [-0.25, -0.2) is 0 Å². The van der Waals surface area contributed by atoms with Gasteiger partial charge >= 0.3 is 0 Å². The molecule has 102 valence electrons. The highest BCUT2D eigenvalue weighted by molar-refractivity contribution is 7.99. The standard InChI is InChI=1S/C12H21N3O2S/c1-9-11(10(2)15-14-9)8-12(17)13-4-7-18-6-3-5-16/h16H,3-8H2,1-2H3,(H,13,17)(H,14,15). The van der Waals surface area contributed by atoms with E-state index < -0.39 is 0 Å². The number of thioether (sulfide) groups is 1. The zero-order chi connectivity index (χ0) is 13.4. The SMILES string of the molecule is Cc1n[nH]c(C)c1CC(=O)NCCSCCCO. The molecule has 1 aromatic rings. The summed E-state index contributed by atoms with van der Waals surface area (Å²) in [4.78, 5) is 11.7. The van der Waals surface area contributed by atoms with Crippen molar-refractivity contribution in [3.8, 4) is 0 Å². The van der Waals surface area contributed by atoms with E-state index >= 15 is 0 Å². The van der Waals surface area contributed by atoms with Gasteiger partial charge in [-0.3, -0.25) is 9.89 Å². The highest BCUT2D eigenvalue weighted by Crippen LogP contribution is 2.09. The Morgan fingerprint density at radius 3 is 2.83 bits per heavy atom. The van der Waals surface area contributed by atoms with Gasteiger partial charge in [-0.1, -0.05) is 0 Å². The van der Waals surface area contributed by atoms with Crippen LogP contribution in [0.1, 0.15) is 23.4 Å². The molecule has 0 aromatic carbocycles. The van der Waals surface area contributed by atoms with Crippen LogP contribution in [-0.4, -0.2) is 45.9 Å². The van der Waals surface area contributed by atoms with Crippen LogP contribution in [0.4, 0.5) is 0 Å². The van der Waals surface area contributed by atoms with E-state index in [4.69, 9.17) is 5.11 Å². The van der Waals surface area contributed by atoms with Crippen molar-refractivity contribution in [2.24, 2.45) is 0 Å². The molecule has 0 unspecified atom stereocenters. The van der Waals surface area contributed by atoms with Gasteiger partial charge in [0.1, 0.15) is 0 Å². The van der Waals surface area contributed by atoms with Crippen LogP contribution in [0.5, 0.6) is 0 Å². The molecule has 5 nitrogen and oxygen atoms in total. The Bertz CT molecular complexity index is 360. The minimum Gasteiger partial charge on any atom is -0.396 e. The number of aromatic amines is 1. The largest absolute Gasteiger partial charge is 0.396 e. The minimum atomic E-state index is 0.0327. The zero-order valence-electron chi connectivity index (χ0n) is 11.0. The van der Waals surface area contributed by atoms with Crippen LogP contribution in [0.15, 0.2) is 0 Å². The molecule has 0 fully saturated rings. The Morgan fingerprint density at radius 2 is 2.22 bits per heavy atom. The molecular weight excluding hydrogens is 250 g/mol. The summed E-state index contributed by atoms with van der Waals surface area (Å²) in [5.74, 6) is 1.85. The average molecular weight is 271 g/mol. The van der Waals surface area contributed by atoms with E-state index in [2.05, 4.69) is 15.5 Å². The summed E-state index contributed by atoms with van der Waals surface area (Å²) in [6, 6.07) is 0. The second-order valence-corrected chi connectivity index (χ2v) is 5.35. The summed E-state index contributed by atoms with van der Waals surface area (Å²) < 4.78 is 0. The maximum absolute atomic E-state index is 11.7. The molecule has 1 aromatic heterocycles. The molecule has 0 spiro atoms. The number of aromatic nitrogens is 2. The lowest BCUT2D eigenvalue weighted by molar-refractivity contribution is -0.120. The Balaban J connectivity index is 2.18. The highest BCUT2D eigenvalue weighted by Gasteiger charge is 2.10. The molecule has 0 aliphatic rings. The van der Waals surface area contributed by atoms with Crippen molar-refractivity contribution in [3.63, 3.8) is 0 Å². The fourth-order valence-electron chi connectivity index (χ4n) is 1.59. The highest BCUT2D eigenvalue weighted by atomic mass is 32.2. The molecule has 0 aliphatic heterocycles. The van der Waals surface area contributed by atoms with E-state index in [1.807, 2.05) is 13.8 Å². The normalized spacial score (nSPS) is 10.6. The number of carbonyl (C=O) groups excluding carboxylic acids is 1. The number of amides is 1. The van der Waals surface area contributed by atoms with Gasteiger partial charge in [-0.05, 0) is 26.0 Å². The quantitative estimate of drug-likeness (QED) is 0.611. The van der Waals surface area contributed by atoms with Gasteiger partial charge in [0.2, 0.25) is 5.91 Å². The zero-order valence-corrected chi connectivity index (χ0v) is 11.8. The molecule has 0 atom stereocenters. The molecule has 0 aliphatic carbocycles. The number of aliphatic hydroxyl groups excluding tert-OH is 1. The molecule has 0 bridgehead atoms. The monoisotopic (exact) mass is 271 g/mol. The number of hydrogen-bond acceptors (Lipinski definition) is 4. The van der Waals surface area contributed by atoms with Crippen LogP contribution >= 0.6 is 11.8 Å². The molecule has 0 saturated carbocycles. The molecule has 1 heterocycles. The first-order chi connectivity index (χ1) is 8.65. The van der Waals surface area contributed by atoms with Gasteiger partial charge in [0.25, 0.3) is 0 Å². The molecule has 1 amide bonds. The first-order valence-corrected chi connectivity index (χ1v) is 7.26. The van der Waals surface area contributed by atoms with Crippen LogP contribution < -0.4 is 5.32 Å². The van der Waals surface area contributed by atoms with Crippen molar-refractivity contribution in [2.75, 3.05) is 24.7 Å². The Morgan fingerprint density at radius 1 is 1.44 bits per heavy atom. The molecule has 1 rings (SSSR count). The first-order valence-electron chi connectivity index (χ1n) is 6.11. The van der Waals surface area contributed by atoms with Gasteiger partial charge in [0, 0.05) is 30.2 Å². The Kier molecular flexibility index (Phi) is 6.82. The fourth-order valence-corrected chi connectivity index (χ4v) is 2.37. The molecule has 0 saturated heterocycles. The number of hydrogen-bond donors (Lipinski definition) is 3. The molecular formula is C12H21N3O2S. The molecule has 6 heteroatoms. The maximum atomic E-state index is 11.7. The van der Waals surface area contributed by atoms with Crippen molar-refractivity contribution in [1.29, 1.82) is 0 Å². The number of aryl methyl sites for hydroxylation is 2. The van der Waals surface area contributed by atoms with Crippen LogP contribution in [0, 0.1) is 13.8 Å². The smallest absolute Gasteiger partial charge is 0.224 e. The number of carbonyl (C=O) groups is 1. The molecule has 0 radical (unpaired) electrons. The number of aliphatic hydroxyl groups is 1. The Hall–Kier alpha value is -1.01. The lowest BCUT2D eigenvalue weighted by atomic mass is 10.1. The average Bonchev–Trinajstić information content (AvgIpc) is 2.65. The van der Waals surface area contributed by atoms with Gasteiger partial charge < -0.3 is 10.4 Å². The lowest BCUT2D eigenvalue weighted by Gasteiger charge is -2.05. The van der Waals surface area contributed by atoms with Gasteiger partial charge in [0.15, 0.2) is 0 Å². The van der Waals surface area contributed by atoms with E-state index in [-0.39, 0.29) is 12.5 Å². The number of rotatable bonds is 8. The summed E-state index contributed by atoms with van der Waals surface area (Å²) in [5.41, 5.74) is 2.83. The second-order valence-electron chi connectivity index (χ2n) is 4.13. The third kappa shape index (κ3) is 5.10. The van der Waals surface area contributed by atoms with Crippen molar-refractivity contribution in [2.45, 2.75) is 26.7 Å². The molecule has 18 heavy (non-hydrogen) atoms. The summed E-state index contributed by atoms with van der Waals surface area (Å²) in [5, 5.41) is 18.4. The number of H-pyrrole nitrogens is 1. The predicted molar refractivity (Wildman–Crippen MR) is 73.8 cm³/mol. The summed E-state index contributed by atoms with van der Waals surface area (Å²) in [7, 11) is 0. The van der Waals surface area contributed by atoms with Crippen LogP contribution in [-0.2, 0) is 11.2 Å². The summed E-state index contributed by atoms with van der Waals surface area (Å²) in [6.45, 7) is 4.73. The second kappa shape index (κ2) is 8.16. The van der Waals surface area contributed by atoms with Crippen molar-refractivity contribution in [1.82, 2.24) is 15.5 Å². The minimum absolute atomic E-state index is 0.0327. The van der Waals surface area contributed by atoms with Crippen LogP contribution in [0.2, 0.25) is 0 Å². The predicted octanol–water partition coefficient (Wildman–Crippen LogP) is 0.801. The van der Waals surface area contributed by atoms with Crippen molar-refractivity contribution >= 4 is 17.7 Å². The van der Waals surface area contributed by atoms with E-state index in [0.29, 0.717) is 13.0 Å². The third-order valence-electron chi connectivity index (χ3n) is 2.63. The summed E-state index contributed by atoms with van der Waals surface area (Å²) >= 11 is 1.74. The maximum Gasteiger partial charge on any atom is 0.224 e. The van der Waals surface area contributed by atoms with Crippen molar-refractivity contribution in [3.05, 3.63) is 17.0 Å². The molecule has 3 N–H and O–H groups in total. The van der Waals surface area contributed by atoms with E-state index in [9.17, 15) is 4.79 Å². The van der Waals surface area contributed by atoms with E-state index in [0.717, 1.165) is 34.9 Å². The third-order valence-corrected chi connectivity index (χ3v) is 3.70. The van der Waals surface area contributed by atoms with Crippen molar-refractivity contribution < 1.29 is 9.90 Å². The summed E-state index contributed by atoms with van der Waals surface area (Å²) in [6.07, 6.45) is 1.20. The van der Waals surface area contributed by atoms with E-state index in [1.165, 1.54) is 0 Å². The number of nitrogens with one attached hydrogen (secondary N) is 2. The topological polar surface area (TPSA) is 78.0 Å². The van der Waals surface area contributed by atoms with Crippen LogP contribution in [0.25, 0.3) is 0 Å². The lowest BCUT2D eigenvalue weighted by Crippen LogP contribution is -2.27.